The number of hydrogen-bond acceptors (Lipinski definition) is 6. The van der Waals surface area contributed by atoms with Gasteiger partial charge in [-0.25, -0.2) is 24.1 Å². The van der Waals surface area contributed by atoms with E-state index in [4.69, 9.17) is 4.74 Å². The number of carbonyl (C=O) groups excluding carboxylic acids is 1. The van der Waals surface area contributed by atoms with Crippen LogP contribution in [0.2, 0.25) is 0 Å². The number of rotatable bonds is 3. The zero-order valence-corrected chi connectivity index (χ0v) is 13.6. The lowest BCUT2D eigenvalue weighted by Gasteiger charge is -2.23. The highest BCUT2D eigenvalue weighted by molar-refractivity contribution is 5.80. The molecule has 25 heavy (non-hydrogen) atoms. The molecule has 0 bridgehead atoms. The van der Waals surface area contributed by atoms with E-state index in [0.717, 1.165) is 19.4 Å². The van der Waals surface area contributed by atoms with Crippen LogP contribution in [0.15, 0.2) is 36.8 Å². The van der Waals surface area contributed by atoms with Crippen LogP contribution in [0.5, 0.6) is 0 Å². The van der Waals surface area contributed by atoms with Gasteiger partial charge in [-0.15, -0.1) is 0 Å². The summed E-state index contributed by atoms with van der Waals surface area (Å²) in [5.74, 6) is 0.429. The summed E-state index contributed by atoms with van der Waals surface area (Å²) in [5.41, 5.74) is 1.20. The van der Waals surface area contributed by atoms with Gasteiger partial charge in [0.05, 0.1) is 13.3 Å². The number of anilines is 1. The predicted molar refractivity (Wildman–Crippen MR) is 88.6 cm³/mol. The Balaban J connectivity index is 1.74. The maximum absolute atomic E-state index is 13.6. The van der Waals surface area contributed by atoms with E-state index in [1.807, 2.05) is 4.90 Å². The number of ether oxygens (including phenoxy) is 1. The molecule has 1 fully saturated rings. The van der Waals surface area contributed by atoms with Crippen molar-refractivity contribution < 1.29 is 13.9 Å². The third kappa shape index (κ3) is 2.69. The van der Waals surface area contributed by atoms with Crippen molar-refractivity contribution in [3.05, 3.63) is 42.6 Å². The molecule has 0 aromatic carbocycles. The summed E-state index contributed by atoms with van der Waals surface area (Å²) in [5, 5.41) is 0. The van der Waals surface area contributed by atoms with Crippen LogP contribution in [0, 0.1) is 5.82 Å². The van der Waals surface area contributed by atoms with Crippen molar-refractivity contribution in [1.82, 2.24) is 19.4 Å². The van der Waals surface area contributed by atoms with Crippen LogP contribution in [0.25, 0.3) is 17.2 Å². The molecule has 1 saturated heterocycles. The van der Waals surface area contributed by atoms with Crippen molar-refractivity contribution in [3.8, 4) is 11.5 Å². The monoisotopic (exact) mass is 341 g/mol. The maximum atomic E-state index is 13.6. The molecule has 0 radical (unpaired) electrons. The first-order chi connectivity index (χ1) is 12.2. The molecular formula is C17H16FN5O2. The second-order valence-electron chi connectivity index (χ2n) is 5.83. The average Bonchev–Trinajstić information content (AvgIpc) is 3.28. The average molecular weight is 341 g/mol. The van der Waals surface area contributed by atoms with E-state index in [1.165, 1.54) is 19.4 Å². The van der Waals surface area contributed by atoms with Crippen LogP contribution in [-0.4, -0.2) is 45.0 Å². The fourth-order valence-electron chi connectivity index (χ4n) is 3.17. The van der Waals surface area contributed by atoms with Crippen LogP contribution >= 0.6 is 0 Å². The molecule has 4 rings (SSSR count). The molecule has 1 unspecified atom stereocenters. The smallest absolute Gasteiger partial charge is 0.328 e. The van der Waals surface area contributed by atoms with E-state index < -0.39 is 0 Å². The predicted octanol–water partition coefficient (Wildman–Crippen LogP) is 2.07. The second-order valence-corrected chi connectivity index (χ2v) is 5.83. The van der Waals surface area contributed by atoms with E-state index in [2.05, 4.69) is 15.0 Å². The van der Waals surface area contributed by atoms with Crippen molar-refractivity contribution >= 4 is 17.4 Å². The molecule has 0 spiro atoms. The molecule has 0 amide bonds. The number of imidazole rings is 1. The maximum Gasteiger partial charge on any atom is 0.328 e. The fourth-order valence-corrected chi connectivity index (χ4v) is 3.17. The molecule has 1 aliphatic rings. The highest BCUT2D eigenvalue weighted by atomic mass is 19.1. The number of pyridine rings is 1. The molecule has 4 heterocycles. The van der Waals surface area contributed by atoms with Gasteiger partial charge in [-0.05, 0) is 31.0 Å². The Kier molecular flexibility index (Phi) is 3.79. The van der Waals surface area contributed by atoms with Crippen LogP contribution in [0.1, 0.15) is 12.8 Å². The van der Waals surface area contributed by atoms with Crippen molar-refractivity contribution in [2.45, 2.75) is 18.9 Å². The van der Waals surface area contributed by atoms with Crippen molar-refractivity contribution in [2.75, 3.05) is 18.6 Å². The zero-order chi connectivity index (χ0) is 17.4. The lowest BCUT2D eigenvalue weighted by molar-refractivity contribution is -0.141. The first-order valence-electron chi connectivity index (χ1n) is 7.98. The highest BCUT2D eigenvalue weighted by Gasteiger charge is 2.32. The van der Waals surface area contributed by atoms with E-state index in [0.29, 0.717) is 23.0 Å². The van der Waals surface area contributed by atoms with Gasteiger partial charge in [0, 0.05) is 18.9 Å². The number of aromatic nitrogens is 4. The van der Waals surface area contributed by atoms with E-state index >= 15 is 0 Å². The normalized spacial score (nSPS) is 17.2. The van der Waals surface area contributed by atoms with Gasteiger partial charge in [0.25, 0.3) is 0 Å². The number of carbonyl (C=O) groups is 1. The molecule has 3 aromatic heterocycles. The Morgan fingerprint density at radius 3 is 3.04 bits per heavy atom. The zero-order valence-electron chi connectivity index (χ0n) is 13.6. The number of nitrogens with zero attached hydrogens (tertiary/aromatic N) is 5. The third-order valence-electron chi connectivity index (χ3n) is 4.36. The third-order valence-corrected chi connectivity index (χ3v) is 4.36. The summed E-state index contributed by atoms with van der Waals surface area (Å²) in [6.45, 7) is 0.720. The van der Waals surface area contributed by atoms with Gasteiger partial charge in [0.1, 0.15) is 29.0 Å². The Hall–Kier alpha value is -3.03. The van der Waals surface area contributed by atoms with Gasteiger partial charge in [-0.1, -0.05) is 0 Å². The van der Waals surface area contributed by atoms with Crippen LogP contribution < -0.4 is 4.90 Å². The summed E-state index contributed by atoms with van der Waals surface area (Å²) in [4.78, 5) is 27.0. The largest absolute Gasteiger partial charge is 0.467 e. The van der Waals surface area contributed by atoms with Gasteiger partial charge in [-0.2, -0.15) is 0 Å². The van der Waals surface area contributed by atoms with E-state index in [9.17, 15) is 9.18 Å². The molecule has 0 saturated carbocycles. The molecule has 0 N–H and O–H groups in total. The Labute approximate surface area is 143 Å². The molecule has 8 heteroatoms. The quantitative estimate of drug-likeness (QED) is 0.679. The summed E-state index contributed by atoms with van der Waals surface area (Å²) in [7, 11) is 1.39. The summed E-state index contributed by atoms with van der Waals surface area (Å²) in [6.07, 6.45) is 6.20. The second kappa shape index (κ2) is 6.12. The molecular weight excluding hydrogens is 325 g/mol. The molecule has 1 aliphatic heterocycles. The van der Waals surface area contributed by atoms with Crippen LogP contribution in [0.3, 0.4) is 0 Å². The minimum Gasteiger partial charge on any atom is -0.467 e. The molecule has 128 valence electrons. The molecule has 7 nitrogen and oxygen atoms in total. The topological polar surface area (TPSA) is 72.6 Å². The lowest BCUT2D eigenvalue weighted by Crippen LogP contribution is -2.37. The Morgan fingerprint density at radius 2 is 2.20 bits per heavy atom. The highest BCUT2D eigenvalue weighted by Crippen LogP contribution is 2.26. The fraction of sp³-hybridized carbons (Fsp3) is 0.294. The first-order valence-corrected chi connectivity index (χ1v) is 7.98. The van der Waals surface area contributed by atoms with Gasteiger partial charge >= 0.3 is 5.97 Å². The summed E-state index contributed by atoms with van der Waals surface area (Å²) >= 11 is 0. The van der Waals surface area contributed by atoms with Crippen LogP contribution in [0.4, 0.5) is 10.2 Å². The SMILES string of the molecule is COC(=O)C1CCCN1c1ccnc(-c2cnc3ccc(F)cn23)n1. The number of fused-ring (bicyclic) bond motifs is 1. The minimum atomic E-state index is -0.367. The number of hydrogen-bond donors (Lipinski definition) is 0. The van der Waals surface area contributed by atoms with Crippen molar-refractivity contribution in [2.24, 2.45) is 0 Å². The van der Waals surface area contributed by atoms with Gasteiger partial charge < -0.3 is 9.64 Å². The lowest BCUT2D eigenvalue weighted by atomic mass is 10.2. The van der Waals surface area contributed by atoms with Crippen LogP contribution in [-0.2, 0) is 9.53 Å². The van der Waals surface area contributed by atoms with Gasteiger partial charge in [0.15, 0.2) is 5.82 Å². The summed E-state index contributed by atoms with van der Waals surface area (Å²) < 4.78 is 20.1. The van der Waals surface area contributed by atoms with Gasteiger partial charge in [0.2, 0.25) is 0 Å². The van der Waals surface area contributed by atoms with Gasteiger partial charge in [-0.3, -0.25) is 4.40 Å². The van der Waals surface area contributed by atoms with E-state index in [1.54, 1.807) is 28.9 Å². The molecule has 0 aliphatic carbocycles. The Morgan fingerprint density at radius 1 is 1.32 bits per heavy atom. The van der Waals surface area contributed by atoms with Crippen molar-refractivity contribution in [3.63, 3.8) is 0 Å². The molecule has 3 aromatic rings. The molecule has 1 atom stereocenters. The minimum absolute atomic E-state index is 0.269. The number of methoxy groups -OCH3 is 1. The summed E-state index contributed by atoms with van der Waals surface area (Å²) in [6, 6.07) is 4.37. The Bertz CT molecular complexity index is 942. The number of halogens is 1. The number of esters is 1. The van der Waals surface area contributed by atoms with Crippen molar-refractivity contribution in [1.29, 1.82) is 0 Å². The van der Waals surface area contributed by atoms with E-state index in [-0.39, 0.29) is 17.8 Å². The standard InChI is InChI=1S/C17H16FN5O2/c1-25-17(24)12-3-2-8-22(12)15-6-7-19-16(21-15)13-9-20-14-5-4-11(18)10-23(13)14/h4-7,9-10,12H,2-3,8H2,1H3. The first kappa shape index (κ1) is 15.5.